The first-order valence-electron chi connectivity index (χ1n) is 6.35. The standard InChI is InChI=1S/C13H21N3O/c1-4-16-10-11(9-14-16)12(17)13(15(2)3)7-5-6-8-13/h9-10H,4-8H2,1-3H3. The van der Waals surface area contributed by atoms with Crippen LogP contribution in [0.2, 0.25) is 0 Å². The van der Waals surface area contributed by atoms with E-state index in [4.69, 9.17) is 0 Å². The summed E-state index contributed by atoms with van der Waals surface area (Å²) < 4.78 is 1.81. The van der Waals surface area contributed by atoms with Crippen molar-refractivity contribution in [3.8, 4) is 0 Å². The average molecular weight is 235 g/mol. The van der Waals surface area contributed by atoms with Crippen LogP contribution in [-0.4, -0.2) is 40.1 Å². The van der Waals surface area contributed by atoms with Gasteiger partial charge in [-0.3, -0.25) is 14.4 Å². The molecule has 94 valence electrons. The second kappa shape index (κ2) is 4.61. The van der Waals surface area contributed by atoms with Gasteiger partial charge in [-0.15, -0.1) is 0 Å². The Morgan fingerprint density at radius 1 is 1.47 bits per heavy atom. The van der Waals surface area contributed by atoms with Crippen molar-refractivity contribution in [2.45, 2.75) is 44.7 Å². The number of aryl methyl sites for hydroxylation is 1. The fourth-order valence-electron chi connectivity index (χ4n) is 2.76. The van der Waals surface area contributed by atoms with Crippen molar-refractivity contribution in [1.29, 1.82) is 0 Å². The number of carbonyl (C=O) groups is 1. The Labute approximate surface area is 103 Å². The van der Waals surface area contributed by atoms with Gasteiger partial charge in [-0.05, 0) is 33.9 Å². The summed E-state index contributed by atoms with van der Waals surface area (Å²) in [5.74, 6) is 0.236. The monoisotopic (exact) mass is 235 g/mol. The molecule has 1 heterocycles. The highest BCUT2D eigenvalue weighted by molar-refractivity contribution is 6.03. The van der Waals surface area contributed by atoms with E-state index in [9.17, 15) is 4.79 Å². The third-order valence-corrected chi connectivity index (χ3v) is 3.93. The van der Waals surface area contributed by atoms with Crippen LogP contribution in [0.4, 0.5) is 0 Å². The van der Waals surface area contributed by atoms with Crippen molar-refractivity contribution in [3.63, 3.8) is 0 Å². The molecule has 0 amide bonds. The Morgan fingerprint density at radius 2 is 2.12 bits per heavy atom. The van der Waals surface area contributed by atoms with Crippen LogP contribution in [0, 0.1) is 0 Å². The van der Waals surface area contributed by atoms with E-state index < -0.39 is 0 Å². The smallest absolute Gasteiger partial charge is 0.186 e. The van der Waals surface area contributed by atoms with Crippen molar-refractivity contribution >= 4 is 5.78 Å². The van der Waals surface area contributed by atoms with Crippen LogP contribution in [0.1, 0.15) is 43.0 Å². The zero-order valence-corrected chi connectivity index (χ0v) is 10.9. The molecule has 1 aromatic rings. The molecule has 1 fully saturated rings. The van der Waals surface area contributed by atoms with Crippen molar-refractivity contribution in [2.75, 3.05) is 14.1 Å². The predicted octanol–water partition coefficient (Wildman–Crippen LogP) is 1.96. The molecule has 0 aliphatic heterocycles. The quantitative estimate of drug-likeness (QED) is 0.749. The first kappa shape index (κ1) is 12.3. The minimum absolute atomic E-state index is 0.236. The lowest BCUT2D eigenvalue weighted by molar-refractivity contribution is 0.0693. The van der Waals surface area contributed by atoms with Gasteiger partial charge in [0.25, 0.3) is 0 Å². The highest BCUT2D eigenvalue weighted by Crippen LogP contribution is 2.36. The summed E-state index contributed by atoms with van der Waals surface area (Å²) in [6.07, 6.45) is 7.80. The van der Waals surface area contributed by atoms with Gasteiger partial charge in [0.05, 0.1) is 17.3 Å². The molecule has 0 saturated heterocycles. The molecule has 4 heteroatoms. The molecule has 1 aliphatic rings. The van der Waals surface area contributed by atoms with Crippen LogP contribution in [0.25, 0.3) is 0 Å². The van der Waals surface area contributed by atoms with Gasteiger partial charge in [-0.25, -0.2) is 0 Å². The molecule has 1 saturated carbocycles. The molecular weight excluding hydrogens is 214 g/mol. The lowest BCUT2D eigenvalue weighted by Crippen LogP contribution is -2.48. The normalized spacial score (nSPS) is 18.8. The third kappa shape index (κ3) is 2.02. The van der Waals surface area contributed by atoms with Crippen molar-refractivity contribution in [1.82, 2.24) is 14.7 Å². The molecule has 0 atom stereocenters. The number of Topliss-reactive ketones (excluding diaryl/α,β-unsaturated/α-hetero) is 1. The lowest BCUT2D eigenvalue weighted by Gasteiger charge is -2.34. The number of rotatable bonds is 4. The Morgan fingerprint density at radius 3 is 2.59 bits per heavy atom. The molecule has 17 heavy (non-hydrogen) atoms. The number of likely N-dealkylation sites (N-methyl/N-ethyl adjacent to an activating group) is 1. The van der Waals surface area contributed by atoms with E-state index in [1.165, 1.54) is 0 Å². The number of hydrogen-bond donors (Lipinski definition) is 0. The minimum atomic E-state index is -0.290. The van der Waals surface area contributed by atoms with Crippen molar-refractivity contribution < 1.29 is 4.79 Å². The van der Waals surface area contributed by atoms with Crippen LogP contribution in [0.5, 0.6) is 0 Å². The molecule has 0 spiro atoms. The van der Waals surface area contributed by atoms with Gasteiger partial charge < -0.3 is 0 Å². The van der Waals surface area contributed by atoms with Crippen molar-refractivity contribution in [2.24, 2.45) is 0 Å². The van der Waals surface area contributed by atoms with E-state index in [1.54, 1.807) is 6.20 Å². The van der Waals surface area contributed by atoms with Gasteiger partial charge >= 0.3 is 0 Å². The molecule has 4 nitrogen and oxygen atoms in total. The SMILES string of the molecule is CCn1cc(C(=O)C2(N(C)C)CCCC2)cn1. The van der Waals surface area contributed by atoms with E-state index in [-0.39, 0.29) is 11.3 Å². The molecule has 0 radical (unpaired) electrons. The topological polar surface area (TPSA) is 38.1 Å². The first-order valence-corrected chi connectivity index (χ1v) is 6.35. The largest absolute Gasteiger partial charge is 0.297 e. The van der Waals surface area contributed by atoms with E-state index >= 15 is 0 Å². The number of aromatic nitrogens is 2. The summed E-state index contributed by atoms with van der Waals surface area (Å²) >= 11 is 0. The van der Waals surface area contributed by atoms with Gasteiger partial charge in [0, 0.05) is 12.7 Å². The highest BCUT2D eigenvalue weighted by atomic mass is 16.1. The minimum Gasteiger partial charge on any atom is -0.297 e. The molecular formula is C13H21N3O. The Hall–Kier alpha value is -1.16. The number of carbonyl (C=O) groups excluding carboxylic acids is 1. The molecule has 2 rings (SSSR count). The molecule has 0 bridgehead atoms. The summed E-state index contributed by atoms with van der Waals surface area (Å²) in [5.41, 5.74) is 0.462. The molecule has 1 aromatic heterocycles. The molecule has 1 aliphatic carbocycles. The van der Waals surface area contributed by atoms with Gasteiger partial charge in [0.1, 0.15) is 0 Å². The lowest BCUT2D eigenvalue weighted by atomic mass is 9.87. The zero-order valence-electron chi connectivity index (χ0n) is 10.9. The Kier molecular flexibility index (Phi) is 3.33. The summed E-state index contributed by atoms with van der Waals surface area (Å²) in [6, 6.07) is 0. The fraction of sp³-hybridized carbons (Fsp3) is 0.692. The maximum atomic E-state index is 12.6. The Bertz CT molecular complexity index is 403. The van der Waals surface area contributed by atoms with Crippen LogP contribution < -0.4 is 0 Å². The number of ketones is 1. The van der Waals surface area contributed by atoms with E-state index in [2.05, 4.69) is 10.00 Å². The molecule has 0 N–H and O–H groups in total. The second-order valence-electron chi connectivity index (χ2n) is 5.05. The van der Waals surface area contributed by atoms with E-state index in [1.807, 2.05) is 31.9 Å². The molecule has 0 unspecified atom stereocenters. The average Bonchev–Trinajstić information content (AvgIpc) is 2.98. The first-order chi connectivity index (χ1) is 8.10. The van der Waals surface area contributed by atoms with E-state index in [0.717, 1.165) is 37.8 Å². The summed E-state index contributed by atoms with van der Waals surface area (Å²) in [5, 5.41) is 4.19. The maximum Gasteiger partial charge on any atom is 0.186 e. The molecule has 0 aromatic carbocycles. The Balaban J connectivity index is 2.28. The van der Waals surface area contributed by atoms with Crippen LogP contribution in [0.15, 0.2) is 12.4 Å². The zero-order chi connectivity index (χ0) is 12.5. The van der Waals surface area contributed by atoms with Crippen LogP contribution in [0.3, 0.4) is 0 Å². The summed E-state index contributed by atoms with van der Waals surface area (Å²) in [6.45, 7) is 2.83. The van der Waals surface area contributed by atoms with Crippen LogP contribution >= 0.6 is 0 Å². The van der Waals surface area contributed by atoms with E-state index in [0.29, 0.717) is 0 Å². The maximum absolute atomic E-state index is 12.6. The van der Waals surface area contributed by atoms with Gasteiger partial charge in [-0.1, -0.05) is 12.8 Å². The van der Waals surface area contributed by atoms with Gasteiger partial charge in [0.15, 0.2) is 5.78 Å². The van der Waals surface area contributed by atoms with Crippen LogP contribution in [-0.2, 0) is 6.54 Å². The fourth-order valence-corrected chi connectivity index (χ4v) is 2.76. The third-order valence-electron chi connectivity index (χ3n) is 3.93. The number of hydrogen-bond acceptors (Lipinski definition) is 3. The van der Waals surface area contributed by atoms with Gasteiger partial charge in [-0.2, -0.15) is 5.10 Å². The summed E-state index contributed by atoms with van der Waals surface area (Å²) in [7, 11) is 4.01. The second-order valence-corrected chi connectivity index (χ2v) is 5.05. The van der Waals surface area contributed by atoms with Crippen molar-refractivity contribution in [3.05, 3.63) is 18.0 Å². The highest BCUT2D eigenvalue weighted by Gasteiger charge is 2.43. The summed E-state index contributed by atoms with van der Waals surface area (Å²) in [4.78, 5) is 14.7. The predicted molar refractivity (Wildman–Crippen MR) is 67.1 cm³/mol. The van der Waals surface area contributed by atoms with Gasteiger partial charge in [0.2, 0.25) is 0 Å². The number of nitrogens with zero attached hydrogens (tertiary/aromatic N) is 3.